The number of carbonyl (C=O) groups is 6. The Morgan fingerprint density at radius 1 is 0.873 bits per heavy atom. The van der Waals surface area contributed by atoms with Crippen molar-refractivity contribution >= 4 is 63.1 Å². The number of fused-ring (bicyclic) bond motifs is 3. The smallest absolute Gasteiger partial charge is 0.262 e. The Morgan fingerprint density at radius 3 is 2.37 bits per heavy atom. The summed E-state index contributed by atoms with van der Waals surface area (Å²) < 4.78 is 7.93. The molecule has 0 radical (unpaired) electrons. The van der Waals surface area contributed by atoms with Crippen molar-refractivity contribution in [2.75, 3.05) is 13.2 Å². The molecule has 5 amide bonds. The van der Waals surface area contributed by atoms with Crippen molar-refractivity contribution < 1.29 is 33.5 Å². The fourth-order valence-electron chi connectivity index (χ4n) is 8.67. The fourth-order valence-corrected chi connectivity index (χ4v) is 9.89. The number of imide groups is 2. The van der Waals surface area contributed by atoms with Crippen LogP contribution in [0.4, 0.5) is 0 Å². The first-order valence-corrected chi connectivity index (χ1v) is 22.6. The number of benzene rings is 3. The number of carbonyl (C=O) groups excluding carboxylic acids is 6. The second kappa shape index (κ2) is 18.6. The highest BCUT2D eigenvalue weighted by Crippen LogP contribution is 2.40. The van der Waals surface area contributed by atoms with Crippen LogP contribution in [-0.4, -0.2) is 79.9 Å². The number of hydrogen-bond acceptors (Lipinski definition) is 11. The van der Waals surface area contributed by atoms with Gasteiger partial charge in [0, 0.05) is 46.3 Å². The van der Waals surface area contributed by atoms with Gasteiger partial charge in [-0.1, -0.05) is 74.1 Å². The van der Waals surface area contributed by atoms with Crippen LogP contribution in [0.15, 0.2) is 59.6 Å². The van der Waals surface area contributed by atoms with E-state index >= 15 is 0 Å². The van der Waals surface area contributed by atoms with Crippen molar-refractivity contribution in [3.8, 4) is 10.8 Å². The number of ether oxygens (including phenoxy) is 1. The van der Waals surface area contributed by atoms with Gasteiger partial charge >= 0.3 is 0 Å². The first-order chi connectivity index (χ1) is 30.4. The van der Waals surface area contributed by atoms with Crippen molar-refractivity contribution in [2.24, 2.45) is 4.99 Å². The highest BCUT2D eigenvalue weighted by molar-refractivity contribution is 7.15. The molecular weight excluding hydrogens is 819 g/mol. The summed E-state index contributed by atoms with van der Waals surface area (Å²) in [4.78, 5) is 84.9. The molecule has 0 bridgehead atoms. The van der Waals surface area contributed by atoms with Crippen LogP contribution >= 0.6 is 11.3 Å². The molecule has 63 heavy (non-hydrogen) atoms. The second-order valence-corrected chi connectivity index (χ2v) is 17.9. The van der Waals surface area contributed by atoms with E-state index in [1.54, 1.807) is 35.6 Å². The van der Waals surface area contributed by atoms with E-state index in [1.165, 1.54) is 22.1 Å². The van der Waals surface area contributed by atoms with E-state index in [-0.39, 0.29) is 48.7 Å². The minimum atomic E-state index is -1.09. The Hall–Kier alpha value is -6.35. The summed E-state index contributed by atoms with van der Waals surface area (Å²) in [6, 6.07) is 15.1. The number of aryl methyl sites for hydroxylation is 3. The maximum absolute atomic E-state index is 13.7. The standard InChI is InChI=1S/C48H51N7O7S/c1-27-16-18-31(19-17-27)43-41-28(2)29(3)63-48(41)54-30(4)52-53-44(54)37(50-43)25-40(58)49-22-11-9-7-5-6-8-10-14-33(56)26-62-34-23-32-13-12-15-35-42(32)36(24-34)47(61)55(46(35)60)38-20-21-39(57)51-45(38)59/h12-13,15-19,23-24,37-38H,5-11,14,20-22,25-26H2,1-4H3,(H,49,58)(H,51,57,59)/t37-,38?/m0/s1. The summed E-state index contributed by atoms with van der Waals surface area (Å²) >= 11 is 1.70. The zero-order valence-electron chi connectivity index (χ0n) is 36.0. The number of amides is 5. The SMILES string of the molecule is Cc1ccc(C2=N[C@@H](CC(=O)NCCCCCCCCCC(=O)COc3cc4c5c(cccc5c3)C(=O)N(C3CCC(=O)NC3=O)C4=O)c3nnc(C)n3-c3sc(C)c(C)c32)cc1. The van der Waals surface area contributed by atoms with Crippen molar-refractivity contribution in [3.05, 3.63) is 105 Å². The summed E-state index contributed by atoms with van der Waals surface area (Å²) in [5.41, 5.74) is 5.78. The normalized spacial score (nSPS) is 17.0. The molecule has 15 heteroatoms. The van der Waals surface area contributed by atoms with Gasteiger partial charge in [0.2, 0.25) is 17.7 Å². The number of unbranched alkanes of at least 4 members (excludes halogenated alkanes) is 6. The number of aromatic nitrogens is 3. The Morgan fingerprint density at radius 2 is 1.60 bits per heavy atom. The molecule has 14 nitrogen and oxygen atoms in total. The van der Waals surface area contributed by atoms with Gasteiger partial charge in [0.25, 0.3) is 11.8 Å². The van der Waals surface area contributed by atoms with E-state index in [1.807, 2.05) is 6.92 Å². The second-order valence-electron chi connectivity index (χ2n) is 16.7. The Labute approximate surface area is 369 Å². The average molecular weight is 870 g/mol. The molecule has 0 aliphatic carbocycles. The predicted molar refractivity (Wildman–Crippen MR) is 239 cm³/mol. The van der Waals surface area contributed by atoms with Gasteiger partial charge in [-0.15, -0.1) is 21.5 Å². The van der Waals surface area contributed by atoms with E-state index in [0.717, 1.165) is 77.5 Å². The molecule has 5 heterocycles. The van der Waals surface area contributed by atoms with Gasteiger partial charge in [-0.2, -0.15) is 0 Å². The van der Waals surface area contributed by atoms with Crippen molar-refractivity contribution in [1.29, 1.82) is 0 Å². The van der Waals surface area contributed by atoms with Gasteiger partial charge in [-0.05, 0) is 76.1 Å². The third-order valence-corrected chi connectivity index (χ3v) is 13.4. The molecule has 2 atom stereocenters. The van der Waals surface area contributed by atoms with Crippen LogP contribution in [0.5, 0.6) is 5.75 Å². The Bertz CT molecular complexity index is 2680. The van der Waals surface area contributed by atoms with Gasteiger partial charge in [-0.25, -0.2) is 0 Å². The number of nitrogens with zero attached hydrogens (tertiary/aromatic N) is 5. The van der Waals surface area contributed by atoms with Crippen LogP contribution in [-0.2, 0) is 19.2 Å². The average Bonchev–Trinajstić information content (AvgIpc) is 3.74. The van der Waals surface area contributed by atoms with Crippen LogP contribution in [0.1, 0.15) is 136 Å². The van der Waals surface area contributed by atoms with Crippen molar-refractivity contribution in [2.45, 2.75) is 110 Å². The van der Waals surface area contributed by atoms with E-state index < -0.39 is 35.7 Å². The van der Waals surface area contributed by atoms with Crippen molar-refractivity contribution in [3.63, 3.8) is 0 Å². The number of aliphatic imine (C=N–C) groups is 1. The lowest BCUT2D eigenvalue weighted by Crippen LogP contribution is -2.57. The molecule has 1 unspecified atom stereocenters. The molecule has 3 aromatic carbocycles. The quantitative estimate of drug-likeness (QED) is 0.0717. The number of Topliss-reactive ketones (excluding diaryl/α,β-unsaturated/α-hetero) is 1. The summed E-state index contributed by atoms with van der Waals surface area (Å²) in [5, 5.41) is 16.4. The monoisotopic (exact) mass is 869 g/mol. The molecule has 8 rings (SSSR count). The zero-order valence-corrected chi connectivity index (χ0v) is 36.9. The lowest BCUT2D eigenvalue weighted by molar-refractivity contribution is -0.136. The molecular formula is C48H51N7O7S. The zero-order chi connectivity index (χ0) is 44.4. The number of rotatable bonds is 17. The highest BCUT2D eigenvalue weighted by atomic mass is 32.1. The molecule has 0 saturated carbocycles. The lowest BCUT2D eigenvalue weighted by Gasteiger charge is -2.34. The minimum Gasteiger partial charge on any atom is -0.486 e. The van der Waals surface area contributed by atoms with Crippen LogP contribution in [0, 0.1) is 27.7 Å². The third kappa shape index (κ3) is 8.97. The molecule has 3 aliphatic rings. The van der Waals surface area contributed by atoms with Crippen LogP contribution in [0.2, 0.25) is 0 Å². The van der Waals surface area contributed by atoms with Gasteiger partial charge in [0.1, 0.15) is 35.3 Å². The molecule has 1 fully saturated rings. The molecule has 2 N–H and O–H groups in total. The first kappa shape index (κ1) is 43.3. The van der Waals surface area contributed by atoms with E-state index in [9.17, 15) is 28.8 Å². The number of ketones is 1. The Kier molecular flexibility index (Phi) is 12.8. The maximum atomic E-state index is 13.7. The minimum absolute atomic E-state index is 0.0240. The summed E-state index contributed by atoms with van der Waals surface area (Å²) in [6.45, 7) is 8.67. The van der Waals surface area contributed by atoms with E-state index in [0.29, 0.717) is 35.3 Å². The van der Waals surface area contributed by atoms with Gasteiger partial charge in [-0.3, -0.25) is 48.5 Å². The predicted octanol–water partition coefficient (Wildman–Crippen LogP) is 7.28. The molecule has 1 saturated heterocycles. The third-order valence-electron chi connectivity index (χ3n) is 12.2. The van der Waals surface area contributed by atoms with Crippen LogP contribution in [0.3, 0.4) is 0 Å². The summed E-state index contributed by atoms with van der Waals surface area (Å²) in [7, 11) is 0. The summed E-state index contributed by atoms with van der Waals surface area (Å²) in [5.74, 6) is -0.724. The van der Waals surface area contributed by atoms with Crippen LogP contribution in [0.25, 0.3) is 15.8 Å². The van der Waals surface area contributed by atoms with Crippen LogP contribution < -0.4 is 15.4 Å². The van der Waals surface area contributed by atoms with Crippen molar-refractivity contribution in [1.82, 2.24) is 30.3 Å². The van der Waals surface area contributed by atoms with Gasteiger partial charge < -0.3 is 10.1 Å². The maximum Gasteiger partial charge on any atom is 0.262 e. The number of hydrogen-bond donors (Lipinski definition) is 2. The molecule has 326 valence electrons. The van der Waals surface area contributed by atoms with Gasteiger partial charge in [0.15, 0.2) is 11.6 Å². The fraction of sp³-hybridized carbons (Fsp3) is 0.396. The molecule has 0 spiro atoms. The van der Waals surface area contributed by atoms with Gasteiger partial charge in [0.05, 0.1) is 17.7 Å². The molecule has 3 aliphatic heterocycles. The Balaban J connectivity index is 0.759. The first-order valence-electron chi connectivity index (χ1n) is 21.8. The number of piperidine rings is 1. The number of thiophene rings is 1. The topological polar surface area (TPSA) is 182 Å². The highest BCUT2D eigenvalue weighted by Gasteiger charge is 2.43. The van der Waals surface area contributed by atoms with E-state index in [2.05, 4.69) is 70.4 Å². The lowest BCUT2D eigenvalue weighted by atomic mass is 9.91. The number of nitrogens with one attached hydrogen (secondary N) is 2. The van der Waals surface area contributed by atoms with E-state index in [4.69, 9.17) is 9.73 Å². The molecule has 2 aromatic heterocycles. The summed E-state index contributed by atoms with van der Waals surface area (Å²) in [6.07, 6.45) is 7.16. The molecule has 5 aromatic rings. The largest absolute Gasteiger partial charge is 0.486 e.